The second-order valence-corrected chi connectivity index (χ2v) is 7.82. The number of carbonyl (C=O) groups is 3. The summed E-state index contributed by atoms with van der Waals surface area (Å²) in [4.78, 5) is 35.1. The van der Waals surface area contributed by atoms with E-state index < -0.39 is 6.04 Å². The molecule has 4 fully saturated rings. The Morgan fingerprint density at radius 1 is 1.25 bits per heavy atom. The van der Waals surface area contributed by atoms with Crippen LogP contribution in [-0.2, 0) is 14.4 Å². The minimum atomic E-state index is -0.542. The van der Waals surface area contributed by atoms with Crippen LogP contribution in [0.2, 0.25) is 0 Å². The van der Waals surface area contributed by atoms with E-state index in [1.165, 1.54) is 0 Å². The molecule has 0 aromatic heterocycles. The number of hydrogen-bond donors (Lipinski definition) is 2. The van der Waals surface area contributed by atoms with E-state index in [4.69, 9.17) is 0 Å². The topological polar surface area (TPSA) is 75.3 Å². The van der Waals surface area contributed by atoms with Crippen molar-refractivity contribution >= 4 is 17.7 Å². The third kappa shape index (κ3) is 1.71. The van der Waals surface area contributed by atoms with E-state index in [1.807, 2.05) is 0 Å². The highest BCUT2D eigenvalue weighted by Gasteiger charge is 2.74. The highest BCUT2D eigenvalue weighted by atomic mass is 16.2. The lowest BCUT2D eigenvalue weighted by molar-refractivity contribution is -0.249. The number of imide groups is 1. The molecule has 1 saturated heterocycles. The molecule has 3 amide bonds. The van der Waals surface area contributed by atoms with Gasteiger partial charge in [-0.3, -0.25) is 19.7 Å². The first kappa shape index (κ1) is 13.6. The molecule has 3 saturated carbocycles. The minimum absolute atomic E-state index is 0.00174. The van der Waals surface area contributed by atoms with Crippen molar-refractivity contribution in [2.75, 3.05) is 0 Å². The Labute approximate surface area is 118 Å². The molecule has 0 radical (unpaired) electrons. The summed E-state index contributed by atoms with van der Waals surface area (Å²) in [6.07, 6.45) is 3.51. The van der Waals surface area contributed by atoms with Gasteiger partial charge in [-0.2, -0.15) is 0 Å². The first-order valence-corrected chi connectivity index (χ1v) is 7.32. The normalized spacial score (nSPS) is 39.5. The first-order valence-electron chi connectivity index (χ1n) is 7.32. The van der Waals surface area contributed by atoms with Crippen molar-refractivity contribution in [3.05, 3.63) is 0 Å². The van der Waals surface area contributed by atoms with Crippen molar-refractivity contribution in [1.29, 1.82) is 0 Å². The predicted octanol–water partition coefficient (Wildman–Crippen LogP) is 1.12. The Morgan fingerprint density at radius 3 is 2.35 bits per heavy atom. The largest absolute Gasteiger partial charge is 0.344 e. The molecule has 4 rings (SSSR count). The second-order valence-electron chi connectivity index (χ2n) is 7.82. The van der Waals surface area contributed by atoms with Gasteiger partial charge >= 0.3 is 0 Å². The number of nitrogens with one attached hydrogen (secondary N) is 2. The van der Waals surface area contributed by atoms with Crippen LogP contribution < -0.4 is 10.6 Å². The molecule has 2 N–H and O–H groups in total. The molecule has 0 spiro atoms. The molecule has 5 heteroatoms. The van der Waals surface area contributed by atoms with E-state index in [0.29, 0.717) is 18.3 Å². The molecule has 1 unspecified atom stereocenters. The zero-order valence-corrected chi connectivity index (χ0v) is 12.3. The molecule has 110 valence electrons. The molecule has 1 heterocycles. The monoisotopic (exact) mass is 278 g/mol. The van der Waals surface area contributed by atoms with E-state index in [-0.39, 0.29) is 28.6 Å². The van der Waals surface area contributed by atoms with E-state index in [0.717, 1.165) is 19.3 Å². The van der Waals surface area contributed by atoms with Crippen LogP contribution in [0.1, 0.15) is 52.9 Å². The van der Waals surface area contributed by atoms with Crippen molar-refractivity contribution in [2.24, 2.45) is 16.2 Å². The number of carbonyl (C=O) groups excluding carboxylic acids is 3. The Balaban J connectivity index is 1.58. The molecule has 20 heavy (non-hydrogen) atoms. The van der Waals surface area contributed by atoms with Gasteiger partial charge in [0.25, 0.3) is 0 Å². The van der Waals surface area contributed by atoms with E-state index in [2.05, 4.69) is 31.4 Å². The van der Waals surface area contributed by atoms with Crippen LogP contribution in [0.3, 0.4) is 0 Å². The fourth-order valence-electron chi connectivity index (χ4n) is 3.97. The fraction of sp³-hybridized carbons (Fsp3) is 0.800. The summed E-state index contributed by atoms with van der Waals surface area (Å²) in [5.74, 6) is -0.623. The van der Waals surface area contributed by atoms with Crippen LogP contribution in [0.4, 0.5) is 0 Å². The Bertz CT molecular complexity index is 484. The Morgan fingerprint density at radius 2 is 1.85 bits per heavy atom. The SMILES string of the molecule is CC(C)(C)C12CC(C(=O)NC3CCC(=O)NC3=O)(C1)C2. The van der Waals surface area contributed by atoms with Crippen LogP contribution in [0.5, 0.6) is 0 Å². The lowest BCUT2D eigenvalue weighted by atomic mass is 9.29. The lowest BCUT2D eigenvalue weighted by Crippen LogP contribution is -2.72. The average molecular weight is 278 g/mol. The summed E-state index contributed by atoms with van der Waals surface area (Å²) in [7, 11) is 0. The van der Waals surface area contributed by atoms with Gasteiger partial charge in [0, 0.05) is 6.42 Å². The molecule has 4 aliphatic rings. The molecule has 1 aliphatic heterocycles. The molecule has 2 bridgehead atoms. The number of hydrogen-bond acceptors (Lipinski definition) is 3. The molecular weight excluding hydrogens is 256 g/mol. The quantitative estimate of drug-likeness (QED) is 0.743. The van der Waals surface area contributed by atoms with Crippen LogP contribution in [-0.4, -0.2) is 23.8 Å². The van der Waals surface area contributed by atoms with Gasteiger partial charge in [0.15, 0.2) is 0 Å². The van der Waals surface area contributed by atoms with Crippen LogP contribution >= 0.6 is 0 Å². The lowest BCUT2D eigenvalue weighted by Gasteiger charge is -2.74. The van der Waals surface area contributed by atoms with Gasteiger partial charge in [0.2, 0.25) is 17.7 Å². The highest BCUT2D eigenvalue weighted by Crippen LogP contribution is 2.79. The molecule has 1 atom stereocenters. The summed E-state index contributed by atoms with van der Waals surface area (Å²) >= 11 is 0. The smallest absolute Gasteiger partial charge is 0.249 e. The summed E-state index contributed by atoms with van der Waals surface area (Å²) in [6, 6.07) is -0.542. The van der Waals surface area contributed by atoms with E-state index >= 15 is 0 Å². The van der Waals surface area contributed by atoms with Gasteiger partial charge < -0.3 is 5.32 Å². The summed E-state index contributed by atoms with van der Waals surface area (Å²) in [5.41, 5.74) is 0.313. The third-order valence-corrected chi connectivity index (χ3v) is 5.65. The van der Waals surface area contributed by atoms with Crippen molar-refractivity contribution in [2.45, 2.75) is 58.9 Å². The van der Waals surface area contributed by atoms with Crippen molar-refractivity contribution < 1.29 is 14.4 Å². The third-order valence-electron chi connectivity index (χ3n) is 5.65. The average Bonchev–Trinajstić information content (AvgIpc) is 2.15. The van der Waals surface area contributed by atoms with Gasteiger partial charge in [-0.15, -0.1) is 0 Å². The molecule has 0 aromatic rings. The number of rotatable bonds is 2. The van der Waals surface area contributed by atoms with Crippen LogP contribution in [0.15, 0.2) is 0 Å². The van der Waals surface area contributed by atoms with Gasteiger partial charge in [-0.25, -0.2) is 0 Å². The number of amides is 3. The van der Waals surface area contributed by atoms with Gasteiger partial charge in [0.1, 0.15) is 6.04 Å². The van der Waals surface area contributed by atoms with Gasteiger partial charge in [0.05, 0.1) is 5.41 Å². The van der Waals surface area contributed by atoms with Crippen molar-refractivity contribution in [3.8, 4) is 0 Å². The number of piperidine rings is 1. The predicted molar refractivity (Wildman–Crippen MR) is 72.5 cm³/mol. The zero-order valence-electron chi connectivity index (χ0n) is 12.3. The first-order chi connectivity index (χ1) is 9.17. The molecule has 0 aromatic carbocycles. The minimum Gasteiger partial charge on any atom is -0.344 e. The second kappa shape index (κ2) is 3.83. The maximum absolute atomic E-state index is 12.4. The summed E-state index contributed by atoms with van der Waals surface area (Å²) < 4.78 is 0. The van der Waals surface area contributed by atoms with Crippen LogP contribution in [0, 0.1) is 16.2 Å². The standard InChI is InChI=1S/C15H22N2O3/c1-13(2,3)15-6-14(7-15,8-15)12(20)16-9-4-5-10(18)17-11(9)19/h9H,4-8H2,1-3H3,(H,16,20)(H,17,18,19). The highest BCUT2D eigenvalue weighted by molar-refractivity contribution is 6.02. The zero-order chi connectivity index (χ0) is 14.8. The summed E-state index contributed by atoms with van der Waals surface area (Å²) in [5, 5.41) is 5.11. The van der Waals surface area contributed by atoms with E-state index in [9.17, 15) is 14.4 Å². The summed E-state index contributed by atoms with van der Waals surface area (Å²) in [6.45, 7) is 6.69. The maximum Gasteiger partial charge on any atom is 0.249 e. The van der Waals surface area contributed by atoms with Gasteiger partial charge in [-0.05, 0) is 36.5 Å². The Hall–Kier alpha value is -1.39. The Kier molecular flexibility index (Phi) is 2.60. The fourth-order valence-corrected chi connectivity index (χ4v) is 3.97. The molecule has 5 nitrogen and oxygen atoms in total. The van der Waals surface area contributed by atoms with Crippen LogP contribution in [0.25, 0.3) is 0 Å². The van der Waals surface area contributed by atoms with Crippen molar-refractivity contribution in [3.63, 3.8) is 0 Å². The molecule has 3 aliphatic carbocycles. The van der Waals surface area contributed by atoms with Gasteiger partial charge in [-0.1, -0.05) is 20.8 Å². The van der Waals surface area contributed by atoms with Crippen molar-refractivity contribution in [1.82, 2.24) is 10.6 Å². The maximum atomic E-state index is 12.4. The molecular formula is C15H22N2O3. The van der Waals surface area contributed by atoms with E-state index in [1.54, 1.807) is 0 Å².